The lowest BCUT2D eigenvalue weighted by atomic mass is 9.99. The van der Waals surface area contributed by atoms with Gasteiger partial charge in [0.15, 0.2) is 5.75 Å². The number of nitrogens with zero attached hydrogens (tertiary/aromatic N) is 3. The summed E-state index contributed by atoms with van der Waals surface area (Å²) >= 11 is 0. The molecule has 0 unspecified atom stereocenters. The molecule has 2 heterocycles. The zero-order chi connectivity index (χ0) is 16.2. The van der Waals surface area contributed by atoms with Crippen LogP contribution in [0.5, 0.6) is 17.2 Å². The molecule has 0 fully saturated rings. The van der Waals surface area contributed by atoms with Crippen LogP contribution in [0.2, 0.25) is 0 Å². The van der Waals surface area contributed by atoms with Crippen LogP contribution in [-0.4, -0.2) is 36.0 Å². The molecule has 3 rings (SSSR count). The fourth-order valence-corrected chi connectivity index (χ4v) is 2.51. The molecule has 120 valence electrons. The van der Waals surface area contributed by atoms with Gasteiger partial charge in [-0.15, -0.1) is 0 Å². The fraction of sp³-hybridized carbons (Fsp3) is 0.353. The molecular formula is C17H20N4O2. The molecule has 1 aliphatic heterocycles. The summed E-state index contributed by atoms with van der Waals surface area (Å²) < 4.78 is 11.6. The highest BCUT2D eigenvalue weighted by Crippen LogP contribution is 2.36. The van der Waals surface area contributed by atoms with Crippen LogP contribution in [-0.2, 0) is 0 Å². The summed E-state index contributed by atoms with van der Waals surface area (Å²) in [7, 11) is 1.67. The summed E-state index contributed by atoms with van der Waals surface area (Å²) in [6.07, 6.45) is 4.77. The van der Waals surface area contributed by atoms with Crippen LogP contribution in [0.25, 0.3) is 0 Å². The first-order valence-corrected chi connectivity index (χ1v) is 7.62. The zero-order valence-electron chi connectivity index (χ0n) is 13.5. The maximum Gasteiger partial charge on any atom is 0.164 e. The van der Waals surface area contributed by atoms with Crippen LogP contribution >= 0.6 is 0 Å². The second-order valence-electron chi connectivity index (χ2n) is 5.58. The van der Waals surface area contributed by atoms with Gasteiger partial charge >= 0.3 is 0 Å². The summed E-state index contributed by atoms with van der Waals surface area (Å²) in [6, 6.07) is 3.99. The smallest absolute Gasteiger partial charge is 0.164 e. The number of hydrogen-bond donors (Lipinski definition) is 1. The Kier molecular flexibility index (Phi) is 4.41. The van der Waals surface area contributed by atoms with E-state index in [4.69, 9.17) is 9.47 Å². The number of aromatic nitrogens is 2. The van der Waals surface area contributed by atoms with Crippen molar-refractivity contribution in [3.05, 3.63) is 42.0 Å². The van der Waals surface area contributed by atoms with E-state index in [-0.39, 0.29) is 5.92 Å². The molecule has 0 aliphatic carbocycles. The Hall–Kier alpha value is -2.63. The lowest BCUT2D eigenvalue weighted by molar-refractivity contribution is 0.409. The van der Waals surface area contributed by atoms with Gasteiger partial charge in [0.1, 0.15) is 23.7 Å². The van der Waals surface area contributed by atoms with E-state index in [2.05, 4.69) is 34.1 Å². The van der Waals surface area contributed by atoms with Crippen LogP contribution in [0, 0.1) is 0 Å². The topological polar surface area (TPSA) is 68.6 Å². The monoisotopic (exact) mass is 312 g/mol. The number of benzene rings is 1. The van der Waals surface area contributed by atoms with E-state index in [1.54, 1.807) is 19.5 Å². The third-order valence-corrected chi connectivity index (χ3v) is 3.65. The lowest BCUT2D eigenvalue weighted by Gasteiger charge is -2.18. The average Bonchev–Trinajstić information content (AvgIpc) is 3.09. The van der Waals surface area contributed by atoms with Crippen molar-refractivity contribution in [3.63, 3.8) is 0 Å². The van der Waals surface area contributed by atoms with Gasteiger partial charge < -0.3 is 14.8 Å². The lowest BCUT2D eigenvalue weighted by Crippen LogP contribution is -2.20. The van der Waals surface area contributed by atoms with E-state index in [9.17, 15) is 0 Å². The number of rotatable bonds is 5. The van der Waals surface area contributed by atoms with Gasteiger partial charge in [0.2, 0.25) is 0 Å². The minimum atomic E-state index is 0.288. The minimum absolute atomic E-state index is 0.288. The average molecular weight is 312 g/mol. The van der Waals surface area contributed by atoms with Crippen LogP contribution in [0.3, 0.4) is 0 Å². The number of nitrogens with one attached hydrogen (secondary N) is 1. The molecule has 0 bridgehead atoms. The van der Waals surface area contributed by atoms with E-state index < -0.39 is 0 Å². The van der Waals surface area contributed by atoms with Gasteiger partial charge in [0.25, 0.3) is 0 Å². The van der Waals surface area contributed by atoms with Crippen LogP contribution < -0.4 is 14.8 Å². The molecule has 1 aromatic heterocycles. The van der Waals surface area contributed by atoms with Crippen molar-refractivity contribution in [1.29, 1.82) is 0 Å². The molecule has 0 radical (unpaired) electrons. The summed E-state index contributed by atoms with van der Waals surface area (Å²) in [5, 5.41) is 3.28. The highest BCUT2D eigenvalue weighted by Gasteiger charge is 2.19. The molecule has 0 spiro atoms. The molecular weight excluding hydrogens is 292 g/mol. The van der Waals surface area contributed by atoms with Gasteiger partial charge in [-0.2, -0.15) is 0 Å². The molecule has 0 saturated carbocycles. The fourth-order valence-electron chi connectivity index (χ4n) is 2.51. The Bertz CT molecular complexity index is 714. The highest BCUT2D eigenvalue weighted by molar-refractivity contribution is 6.02. The minimum Gasteiger partial charge on any atom is -0.496 e. The number of amidine groups is 1. The molecule has 0 atom stereocenters. The molecule has 0 saturated heterocycles. The summed E-state index contributed by atoms with van der Waals surface area (Å²) in [5.41, 5.74) is 1.97. The normalized spacial score (nSPS) is 13.7. The van der Waals surface area contributed by atoms with Crippen LogP contribution in [0.4, 0.5) is 0 Å². The number of aliphatic imine (C=N–C) groups is 1. The van der Waals surface area contributed by atoms with Crippen molar-refractivity contribution in [2.24, 2.45) is 4.99 Å². The highest BCUT2D eigenvalue weighted by atomic mass is 16.5. The standard InChI is InChI=1S/C17H20N4O2/c1-11(2)13-6-15(22-3)14(17-20-4-5-21-17)7-16(13)23-12-8-18-10-19-9-12/h6-11H,4-5H2,1-3H3,(H,20,21). The summed E-state index contributed by atoms with van der Waals surface area (Å²) in [4.78, 5) is 12.5. The van der Waals surface area contributed by atoms with Crippen molar-refractivity contribution in [1.82, 2.24) is 15.3 Å². The van der Waals surface area contributed by atoms with Crippen molar-refractivity contribution in [2.45, 2.75) is 19.8 Å². The van der Waals surface area contributed by atoms with E-state index in [0.717, 1.165) is 41.6 Å². The van der Waals surface area contributed by atoms with Crippen molar-refractivity contribution >= 4 is 5.84 Å². The van der Waals surface area contributed by atoms with Crippen LogP contribution in [0.1, 0.15) is 30.9 Å². The van der Waals surface area contributed by atoms with Gasteiger partial charge in [-0.05, 0) is 18.1 Å². The number of hydrogen-bond acceptors (Lipinski definition) is 6. The summed E-state index contributed by atoms with van der Waals surface area (Å²) in [5.74, 6) is 3.29. The van der Waals surface area contributed by atoms with E-state index in [0.29, 0.717) is 5.75 Å². The quantitative estimate of drug-likeness (QED) is 0.919. The van der Waals surface area contributed by atoms with E-state index in [1.807, 2.05) is 12.1 Å². The van der Waals surface area contributed by atoms with Crippen molar-refractivity contribution in [3.8, 4) is 17.2 Å². The van der Waals surface area contributed by atoms with Gasteiger partial charge in [-0.3, -0.25) is 4.99 Å². The third kappa shape index (κ3) is 3.26. The van der Waals surface area contributed by atoms with Crippen molar-refractivity contribution < 1.29 is 9.47 Å². The Balaban J connectivity index is 2.06. The van der Waals surface area contributed by atoms with E-state index in [1.165, 1.54) is 6.33 Å². The Labute approximate surface area is 135 Å². The Morgan fingerprint density at radius 2 is 1.91 bits per heavy atom. The molecule has 1 N–H and O–H groups in total. The maximum absolute atomic E-state index is 6.01. The van der Waals surface area contributed by atoms with E-state index >= 15 is 0 Å². The SMILES string of the molecule is COc1cc(C(C)C)c(Oc2cncnc2)cc1C1=NCCN1. The molecule has 2 aromatic rings. The third-order valence-electron chi connectivity index (χ3n) is 3.65. The molecule has 1 aliphatic rings. The second-order valence-corrected chi connectivity index (χ2v) is 5.58. The predicted octanol–water partition coefficient (Wildman–Crippen LogP) is 2.75. The first-order chi connectivity index (χ1) is 11.2. The predicted molar refractivity (Wildman–Crippen MR) is 88.6 cm³/mol. The van der Waals surface area contributed by atoms with Gasteiger partial charge in [-0.1, -0.05) is 13.8 Å². The first kappa shape index (κ1) is 15.3. The molecule has 6 nitrogen and oxygen atoms in total. The molecule has 23 heavy (non-hydrogen) atoms. The van der Waals surface area contributed by atoms with Crippen LogP contribution in [0.15, 0.2) is 35.8 Å². The number of methoxy groups -OCH3 is 1. The van der Waals surface area contributed by atoms with Crippen molar-refractivity contribution in [2.75, 3.05) is 20.2 Å². The molecule has 6 heteroatoms. The molecule has 1 aromatic carbocycles. The van der Waals surface area contributed by atoms with Gasteiger partial charge in [0.05, 0.1) is 31.6 Å². The second kappa shape index (κ2) is 6.64. The molecule has 0 amide bonds. The summed E-state index contributed by atoms with van der Waals surface area (Å²) in [6.45, 7) is 5.85. The Morgan fingerprint density at radius 3 is 2.52 bits per heavy atom. The Morgan fingerprint density at radius 1 is 1.13 bits per heavy atom. The number of ether oxygens (including phenoxy) is 2. The van der Waals surface area contributed by atoms with Gasteiger partial charge in [-0.25, -0.2) is 9.97 Å². The van der Waals surface area contributed by atoms with Gasteiger partial charge in [0, 0.05) is 12.1 Å². The first-order valence-electron chi connectivity index (χ1n) is 7.62. The zero-order valence-corrected chi connectivity index (χ0v) is 13.5. The maximum atomic E-state index is 6.01. The largest absolute Gasteiger partial charge is 0.496 e.